The highest BCUT2D eigenvalue weighted by atomic mass is 127. The number of hydrogen-bond donors (Lipinski definition) is 2. The van der Waals surface area contributed by atoms with E-state index in [-0.39, 0.29) is 24.0 Å². The van der Waals surface area contributed by atoms with Crippen LogP contribution in [-0.2, 0) is 13.0 Å². The standard InChI is InChI=1S/C16H22N4O2.HI/c1-12-4-5-13(10-15(12)21-3)6-8-18-16(17-2)19-11-14-7-9-22-20-14;/h4-5,7,9-10H,6,8,11H2,1-3H3,(H2,17,18,19);1H. The van der Waals surface area contributed by atoms with Gasteiger partial charge in [0.05, 0.1) is 13.7 Å². The first-order valence-electron chi connectivity index (χ1n) is 7.20. The molecule has 2 rings (SSSR count). The van der Waals surface area contributed by atoms with Crippen LogP contribution in [0, 0.1) is 6.92 Å². The van der Waals surface area contributed by atoms with Gasteiger partial charge in [-0.2, -0.15) is 0 Å². The Labute approximate surface area is 153 Å². The van der Waals surface area contributed by atoms with Gasteiger partial charge in [-0.1, -0.05) is 17.3 Å². The number of nitrogens with one attached hydrogen (secondary N) is 2. The average molecular weight is 430 g/mol. The molecule has 0 fully saturated rings. The Morgan fingerprint density at radius 1 is 1.30 bits per heavy atom. The van der Waals surface area contributed by atoms with Gasteiger partial charge in [-0.3, -0.25) is 4.99 Å². The van der Waals surface area contributed by atoms with E-state index in [2.05, 4.69) is 39.0 Å². The van der Waals surface area contributed by atoms with Gasteiger partial charge < -0.3 is 19.9 Å². The lowest BCUT2D eigenvalue weighted by Crippen LogP contribution is -2.37. The largest absolute Gasteiger partial charge is 0.496 e. The zero-order valence-corrected chi connectivity index (χ0v) is 16.0. The number of guanidine groups is 1. The van der Waals surface area contributed by atoms with Gasteiger partial charge in [0.2, 0.25) is 0 Å². The molecule has 0 spiro atoms. The van der Waals surface area contributed by atoms with Crippen molar-refractivity contribution in [3.63, 3.8) is 0 Å². The Balaban J connectivity index is 0.00000264. The predicted octanol–water partition coefficient (Wildman–Crippen LogP) is 2.52. The number of benzene rings is 1. The van der Waals surface area contributed by atoms with Gasteiger partial charge in [0.25, 0.3) is 0 Å². The molecule has 126 valence electrons. The summed E-state index contributed by atoms with van der Waals surface area (Å²) < 4.78 is 10.1. The monoisotopic (exact) mass is 430 g/mol. The number of aromatic nitrogens is 1. The van der Waals surface area contributed by atoms with Crippen molar-refractivity contribution in [2.24, 2.45) is 4.99 Å². The Morgan fingerprint density at radius 3 is 2.78 bits per heavy atom. The molecule has 1 heterocycles. The third kappa shape index (κ3) is 6.09. The normalized spacial score (nSPS) is 10.8. The van der Waals surface area contributed by atoms with Gasteiger partial charge in [0, 0.05) is 19.7 Å². The summed E-state index contributed by atoms with van der Waals surface area (Å²) >= 11 is 0. The maximum atomic E-state index is 5.34. The van der Waals surface area contributed by atoms with Gasteiger partial charge in [-0.05, 0) is 30.5 Å². The molecular weight excluding hydrogens is 407 g/mol. The molecule has 0 radical (unpaired) electrons. The first kappa shape index (κ1) is 19.3. The lowest BCUT2D eigenvalue weighted by molar-refractivity contribution is 0.410. The molecule has 0 bridgehead atoms. The molecule has 0 atom stereocenters. The van der Waals surface area contributed by atoms with Crippen molar-refractivity contribution in [2.45, 2.75) is 19.9 Å². The highest BCUT2D eigenvalue weighted by Crippen LogP contribution is 2.18. The zero-order chi connectivity index (χ0) is 15.8. The number of rotatable bonds is 6. The molecule has 0 aliphatic heterocycles. The highest BCUT2D eigenvalue weighted by Gasteiger charge is 2.02. The number of aliphatic imine (C=N–C) groups is 1. The van der Waals surface area contributed by atoms with Gasteiger partial charge in [-0.15, -0.1) is 24.0 Å². The Morgan fingerprint density at radius 2 is 2.13 bits per heavy atom. The third-order valence-electron chi connectivity index (χ3n) is 3.33. The number of methoxy groups -OCH3 is 1. The maximum Gasteiger partial charge on any atom is 0.191 e. The maximum absolute atomic E-state index is 5.34. The van der Waals surface area contributed by atoms with E-state index in [1.165, 1.54) is 5.56 Å². The molecule has 7 heteroatoms. The molecule has 0 aliphatic carbocycles. The summed E-state index contributed by atoms with van der Waals surface area (Å²) in [4.78, 5) is 4.18. The number of ether oxygens (including phenoxy) is 1. The summed E-state index contributed by atoms with van der Waals surface area (Å²) in [7, 11) is 3.44. The lowest BCUT2D eigenvalue weighted by atomic mass is 10.1. The minimum absolute atomic E-state index is 0. The van der Waals surface area contributed by atoms with Crippen LogP contribution in [0.3, 0.4) is 0 Å². The SMILES string of the molecule is CN=C(NCCc1ccc(C)c(OC)c1)NCc1ccon1.I. The quantitative estimate of drug-likeness (QED) is 0.419. The van der Waals surface area contributed by atoms with Crippen LogP contribution in [-0.4, -0.2) is 31.8 Å². The molecule has 1 aromatic heterocycles. The number of hydrogen-bond acceptors (Lipinski definition) is 4. The van der Waals surface area contributed by atoms with Crippen LogP contribution in [0.4, 0.5) is 0 Å². The van der Waals surface area contributed by atoms with Crippen LogP contribution in [0.1, 0.15) is 16.8 Å². The van der Waals surface area contributed by atoms with Crippen LogP contribution < -0.4 is 15.4 Å². The van der Waals surface area contributed by atoms with E-state index in [9.17, 15) is 0 Å². The average Bonchev–Trinajstić information content (AvgIpc) is 3.05. The fourth-order valence-corrected chi connectivity index (χ4v) is 2.07. The van der Waals surface area contributed by atoms with E-state index in [1.807, 2.05) is 13.0 Å². The molecule has 2 N–H and O–H groups in total. The van der Waals surface area contributed by atoms with Crippen LogP contribution in [0.25, 0.3) is 0 Å². The second kappa shape index (κ2) is 10.1. The van der Waals surface area contributed by atoms with Crippen molar-refractivity contribution < 1.29 is 9.26 Å². The molecular formula is C16H23IN4O2. The van der Waals surface area contributed by atoms with Gasteiger partial charge >= 0.3 is 0 Å². The summed E-state index contributed by atoms with van der Waals surface area (Å²) in [6.45, 7) is 3.40. The minimum atomic E-state index is 0. The molecule has 0 amide bonds. The second-order valence-corrected chi connectivity index (χ2v) is 4.90. The third-order valence-corrected chi connectivity index (χ3v) is 3.33. The van der Waals surface area contributed by atoms with E-state index in [0.717, 1.165) is 35.9 Å². The fraction of sp³-hybridized carbons (Fsp3) is 0.375. The molecule has 23 heavy (non-hydrogen) atoms. The summed E-state index contributed by atoms with van der Waals surface area (Å²) in [5, 5.41) is 10.3. The van der Waals surface area contributed by atoms with Crippen molar-refractivity contribution in [1.29, 1.82) is 0 Å². The van der Waals surface area contributed by atoms with Crippen molar-refractivity contribution in [3.05, 3.63) is 47.3 Å². The summed E-state index contributed by atoms with van der Waals surface area (Å²) in [5.74, 6) is 1.66. The van der Waals surface area contributed by atoms with Crippen molar-refractivity contribution in [2.75, 3.05) is 20.7 Å². The molecule has 0 aliphatic rings. The first-order chi connectivity index (χ1) is 10.7. The summed E-state index contributed by atoms with van der Waals surface area (Å²) in [6, 6.07) is 8.08. The smallest absolute Gasteiger partial charge is 0.191 e. The number of aryl methyl sites for hydroxylation is 1. The van der Waals surface area contributed by atoms with Gasteiger partial charge in [-0.25, -0.2) is 0 Å². The molecule has 0 unspecified atom stereocenters. The van der Waals surface area contributed by atoms with Crippen LogP contribution in [0.5, 0.6) is 5.75 Å². The second-order valence-electron chi connectivity index (χ2n) is 4.90. The van der Waals surface area contributed by atoms with Crippen molar-refractivity contribution in [1.82, 2.24) is 15.8 Å². The molecule has 2 aromatic rings. The van der Waals surface area contributed by atoms with E-state index in [4.69, 9.17) is 9.26 Å². The fourth-order valence-electron chi connectivity index (χ4n) is 2.07. The van der Waals surface area contributed by atoms with E-state index in [0.29, 0.717) is 6.54 Å². The number of nitrogens with zero attached hydrogens (tertiary/aromatic N) is 2. The molecule has 6 nitrogen and oxygen atoms in total. The predicted molar refractivity (Wildman–Crippen MR) is 102 cm³/mol. The molecule has 0 saturated carbocycles. The number of halogens is 1. The molecule has 0 saturated heterocycles. The van der Waals surface area contributed by atoms with Crippen molar-refractivity contribution in [3.8, 4) is 5.75 Å². The van der Waals surface area contributed by atoms with E-state index >= 15 is 0 Å². The first-order valence-corrected chi connectivity index (χ1v) is 7.20. The van der Waals surface area contributed by atoms with Crippen molar-refractivity contribution >= 4 is 29.9 Å². The Kier molecular flexibility index (Phi) is 8.46. The summed E-state index contributed by atoms with van der Waals surface area (Å²) in [5.41, 5.74) is 3.21. The Hall–Kier alpha value is -1.77. The van der Waals surface area contributed by atoms with Crippen LogP contribution in [0.2, 0.25) is 0 Å². The van der Waals surface area contributed by atoms with Gasteiger partial charge in [0.15, 0.2) is 5.96 Å². The van der Waals surface area contributed by atoms with Crippen LogP contribution in [0.15, 0.2) is 40.0 Å². The topological polar surface area (TPSA) is 71.7 Å². The minimum Gasteiger partial charge on any atom is -0.496 e. The highest BCUT2D eigenvalue weighted by molar-refractivity contribution is 14.0. The zero-order valence-electron chi connectivity index (χ0n) is 13.6. The van der Waals surface area contributed by atoms with E-state index < -0.39 is 0 Å². The Bertz CT molecular complexity index is 615. The van der Waals surface area contributed by atoms with Gasteiger partial charge in [0.1, 0.15) is 17.7 Å². The lowest BCUT2D eigenvalue weighted by Gasteiger charge is -2.12. The van der Waals surface area contributed by atoms with E-state index in [1.54, 1.807) is 20.4 Å². The van der Waals surface area contributed by atoms with Crippen LogP contribution >= 0.6 is 24.0 Å². The molecule has 1 aromatic carbocycles. The summed E-state index contributed by atoms with van der Waals surface area (Å²) in [6.07, 6.45) is 2.44.